The molecule has 0 aliphatic carbocycles. The second-order valence-corrected chi connectivity index (χ2v) is 3.55. The van der Waals surface area contributed by atoms with Gasteiger partial charge in [0.15, 0.2) is 0 Å². The molecule has 0 fully saturated rings. The van der Waals surface area contributed by atoms with Crippen molar-refractivity contribution in [3.8, 4) is 0 Å². The molecule has 0 aliphatic rings. The summed E-state index contributed by atoms with van der Waals surface area (Å²) in [6.45, 7) is 6.79. The molecule has 0 spiro atoms. The predicted octanol–water partition coefficient (Wildman–Crippen LogP) is -0.848. The van der Waals surface area contributed by atoms with E-state index in [4.69, 9.17) is 0 Å². The summed E-state index contributed by atoms with van der Waals surface area (Å²) in [5.41, 5.74) is 0. The van der Waals surface area contributed by atoms with Gasteiger partial charge >= 0.3 is 0 Å². The van der Waals surface area contributed by atoms with Crippen LogP contribution in [0.4, 0.5) is 0 Å². The van der Waals surface area contributed by atoms with Crippen LogP contribution in [0.1, 0.15) is 27.7 Å². The number of carbonyl (C=O) groups excluding carboxylic acids is 3. The monoisotopic (exact) mass is 229 g/mol. The van der Waals surface area contributed by atoms with Gasteiger partial charge in [-0.2, -0.15) is 0 Å². The highest BCUT2D eigenvalue weighted by atomic mass is 16.2. The Morgan fingerprint density at radius 3 is 1.94 bits per heavy atom. The minimum absolute atomic E-state index is 0.245. The fourth-order valence-corrected chi connectivity index (χ4v) is 1.10. The van der Waals surface area contributed by atoms with Crippen molar-refractivity contribution in [2.75, 3.05) is 6.54 Å². The van der Waals surface area contributed by atoms with Crippen molar-refractivity contribution < 1.29 is 14.4 Å². The van der Waals surface area contributed by atoms with Crippen LogP contribution in [-0.2, 0) is 14.4 Å². The Bertz CT molecular complexity index is 278. The number of hydrogen-bond donors (Lipinski definition) is 3. The number of hydrogen-bond acceptors (Lipinski definition) is 3. The van der Waals surface area contributed by atoms with Gasteiger partial charge in [0, 0.05) is 13.5 Å². The van der Waals surface area contributed by atoms with Crippen molar-refractivity contribution in [2.45, 2.75) is 39.8 Å². The van der Waals surface area contributed by atoms with Crippen molar-refractivity contribution in [3.05, 3.63) is 0 Å². The lowest BCUT2D eigenvalue weighted by Crippen LogP contribution is -2.51. The van der Waals surface area contributed by atoms with Crippen molar-refractivity contribution in [1.29, 1.82) is 0 Å². The molecule has 0 heterocycles. The predicted molar refractivity (Wildman–Crippen MR) is 59.6 cm³/mol. The van der Waals surface area contributed by atoms with E-state index in [-0.39, 0.29) is 17.7 Å². The summed E-state index contributed by atoms with van der Waals surface area (Å²) in [4.78, 5) is 33.5. The summed E-state index contributed by atoms with van der Waals surface area (Å²) >= 11 is 0. The molecular formula is C10H19N3O3. The van der Waals surface area contributed by atoms with Gasteiger partial charge in [-0.05, 0) is 20.8 Å². The third kappa shape index (κ3) is 5.33. The largest absolute Gasteiger partial charge is 0.355 e. The molecule has 6 heteroatoms. The Hall–Kier alpha value is -1.59. The van der Waals surface area contributed by atoms with E-state index in [9.17, 15) is 14.4 Å². The second kappa shape index (κ2) is 6.81. The van der Waals surface area contributed by atoms with Gasteiger partial charge in [-0.3, -0.25) is 14.4 Å². The van der Waals surface area contributed by atoms with Crippen LogP contribution in [0.2, 0.25) is 0 Å². The molecule has 16 heavy (non-hydrogen) atoms. The summed E-state index contributed by atoms with van der Waals surface area (Å²) in [5.74, 6) is -0.909. The first-order valence-electron chi connectivity index (χ1n) is 5.23. The molecule has 0 bridgehead atoms. The van der Waals surface area contributed by atoms with E-state index in [2.05, 4.69) is 16.0 Å². The lowest BCUT2D eigenvalue weighted by atomic mass is 10.2. The molecule has 0 unspecified atom stereocenters. The summed E-state index contributed by atoms with van der Waals surface area (Å²) in [7, 11) is 0. The molecule has 0 saturated carbocycles. The van der Waals surface area contributed by atoms with Crippen LogP contribution in [0.5, 0.6) is 0 Å². The zero-order valence-corrected chi connectivity index (χ0v) is 10.1. The minimum atomic E-state index is -0.644. The number of rotatable bonds is 5. The highest BCUT2D eigenvalue weighted by Gasteiger charge is 2.19. The average Bonchev–Trinajstić information content (AvgIpc) is 2.16. The zero-order valence-electron chi connectivity index (χ0n) is 10.1. The van der Waals surface area contributed by atoms with Crippen molar-refractivity contribution >= 4 is 17.7 Å². The lowest BCUT2D eigenvalue weighted by Gasteiger charge is -2.17. The maximum atomic E-state index is 11.5. The number of likely N-dealkylation sites (N-methyl/N-ethyl adjacent to an activating group) is 1. The van der Waals surface area contributed by atoms with Crippen molar-refractivity contribution in [3.63, 3.8) is 0 Å². The molecule has 0 aliphatic heterocycles. The minimum Gasteiger partial charge on any atom is -0.355 e. The molecule has 0 aromatic heterocycles. The standard InChI is InChI=1S/C10H19N3O3/c1-5-11-9(15)6(2)13-10(16)7(3)12-8(4)14/h6-7H,5H2,1-4H3,(H,11,15)(H,12,14)(H,13,16)/t6-,7-/m0/s1. The average molecular weight is 229 g/mol. The third-order valence-corrected chi connectivity index (χ3v) is 1.92. The summed E-state index contributed by atoms with van der Waals surface area (Å²) in [5, 5.41) is 7.53. The first kappa shape index (κ1) is 14.4. The summed E-state index contributed by atoms with van der Waals surface area (Å²) in [6.07, 6.45) is 0. The fraction of sp³-hybridized carbons (Fsp3) is 0.700. The zero-order chi connectivity index (χ0) is 12.7. The Balaban J connectivity index is 4.12. The van der Waals surface area contributed by atoms with Gasteiger partial charge < -0.3 is 16.0 Å². The maximum Gasteiger partial charge on any atom is 0.242 e. The Morgan fingerprint density at radius 1 is 1.00 bits per heavy atom. The number of carbonyl (C=O) groups is 3. The molecule has 0 radical (unpaired) electrons. The van der Waals surface area contributed by atoms with E-state index in [1.807, 2.05) is 0 Å². The maximum absolute atomic E-state index is 11.5. The van der Waals surface area contributed by atoms with Crippen LogP contribution in [-0.4, -0.2) is 36.3 Å². The number of amides is 3. The molecule has 92 valence electrons. The third-order valence-electron chi connectivity index (χ3n) is 1.92. The highest BCUT2D eigenvalue weighted by molar-refractivity contribution is 5.91. The topological polar surface area (TPSA) is 87.3 Å². The molecule has 0 saturated heterocycles. The van der Waals surface area contributed by atoms with E-state index in [0.717, 1.165) is 0 Å². The summed E-state index contributed by atoms with van der Waals surface area (Å²) < 4.78 is 0. The van der Waals surface area contributed by atoms with Gasteiger partial charge in [-0.1, -0.05) is 0 Å². The van der Waals surface area contributed by atoms with E-state index in [1.54, 1.807) is 20.8 Å². The van der Waals surface area contributed by atoms with Crippen molar-refractivity contribution in [2.24, 2.45) is 0 Å². The van der Waals surface area contributed by atoms with E-state index in [0.29, 0.717) is 6.54 Å². The molecule has 2 atom stereocenters. The van der Waals surface area contributed by atoms with Crippen LogP contribution in [0.15, 0.2) is 0 Å². The van der Waals surface area contributed by atoms with E-state index < -0.39 is 12.1 Å². The van der Waals surface area contributed by atoms with Crippen LogP contribution in [0.25, 0.3) is 0 Å². The second-order valence-electron chi connectivity index (χ2n) is 3.55. The van der Waals surface area contributed by atoms with E-state index in [1.165, 1.54) is 6.92 Å². The van der Waals surface area contributed by atoms with Crippen molar-refractivity contribution in [1.82, 2.24) is 16.0 Å². The first-order valence-corrected chi connectivity index (χ1v) is 5.23. The normalized spacial score (nSPS) is 13.5. The number of nitrogens with one attached hydrogen (secondary N) is 3. The smallest absolute Gasteiger partial charge is 0.242 e. The van der Waals surface area contributed by atoms with Gasteiger partial charge in [0.2, 0.25) is 17.7 Å². The lowest BCUT2D eigenvalue weighted by molar-refractivity contribution is -0.131. The Labute approximate surface area is 95.2 Å². The summed E-state index contributed by atoms with van der Waals surface area (Å²) in [6, 6.07) is -1.25. The molecule has 0 aromatic rings. The molecule has 0 aromatic carbocycles. The molecular weight excluding hydrogens is 210 g/mol. The van der Waals surface area contributed by atoms with Gasteiger partial charge in [-0.15, -0.1) is 0 Å². The SMILES string of the molecule is CCNC(=O)[C@H](C)NC(=O)[C@H](C)NC(C)=O. The first-order chi connectivity index (χ1) is 7.38. The Morgan fingerprint density at radius 2 is 1.50 bits per heavy atom. The molecule has 3 N–H and O–H groups in total. The fourth-order valence-electron chi connectivity index (χ4n) is 1.10. The van der Waals surface area contributed by atoms with Gasteiger partial charge in [0.25, 0.3) is 0 Å². The van der Waals surface area contributed by atoms with Crippen LogP contribution in [0.3, 0.4) is 0 Å². The molecule has 0 rings (SSSR count). The van der Waals surface area contributed by atoms with Crippen LogP contribution in [0, 0.1) is 0 Å². The molecule has 3 amide bonds. The van der Waals surface area contributed by atoms with Crippen LogP contribution < -0.4 is 16.0 Å². The quantitative estimate of drug-likeness (QED) is 0.574. The highest BCUT2D eigenvalue weighted by Crippen LogP contribution is 1.87. The van der Waals surface area contributed by atoms with Gasteiger partial charge in [0.05, 0.1) is 0 Å². The van der Waals surface area contributed by atoms with Gasteiger partial charge in [0.1, 0.15) is 12.1 Å². The van der Waals surface area contributed by atoms with Gasteiger partial charge in [-0.25, -0.2) is 0 Å². The van der Waals surface area contributed by atoms with Crippen LogP contribution >= 0.6 is 0 Å². The van der Waals surface area contributed by atoms with E-state index >= 15 is 0 Å². The Kier molecular flexibility index (Phi) is 6.14. The molecule has 6 nitrogen and oxygen atoms in total.